The lowest BCUT2D eigenvalue weighted by molar-refractivity contribution is -0.245. The third kappa shape index (κ3) is 2.29. The van der Waals surface area contributed by atoms with E-state index in [-0.39, 0.29) is 6.54 Å². The third-order valence-corrected chi connectivity index (χ3v) is 3.13. The first kappa shape index (κ1) is 13.6. The van der Waals surface area contributed by atoms with Gasteiger partial charge in [-0.05, 0) is 25.9 Å². The molecule has 16 heavy (non-hydrogen) atoms. The summed E-state index contributed by atoms with van der Waals surface area (Å²) in [6, 6.07) is -1.84. The summed E-state index contributed by atoms with van der Waals surface area (Å²) in [6.07, 6.45) is -4.90. The third-order valence-electron chi connectivity index (χ3n) is 3.13. The molecule has 0 radical (unpaired) electrons. The van der Waals surface area contributed by atoms with Gasteiger partial charge in [0.25, 0.3) is 0 Å². The molecule has 0 spiro atoms. The van der Waals surface area contributed by atoms with Crippen LogP contribution in [0.25, 0.3) is 0 Å². The first-order valence-corrected chi connectivity index (χ1v) is 4.98. The zero-order valence-electron chi connectivity index (χ0n) is 8.90. The molecule has 0 aliphatic carbocycles. The maximum Gasteiger partial charge on any atom is 0.426 e. The van der Waals surface area contributed by atoms with Gasteiger partial charge >= 0.3 is 6.18 Å². The number of nitrogens with two attached hydrogens (primary N) is 1. The van der Waals surface area contributed by atoms with Crippen LogP contribution in [0.4, 0.5) is 22.0 Å². The second kappa shape index (κ2) is 4.44. The average Bonchev–Trinajstić information content (AvgIpc) is 2.60. The van der Waals surface area contributed by atoms with Gasteiger partial charge in [0.05, 0.1) is 6.04 Å². The van der Waals surface area contributed by atoms with Crippen molar-refractivity contribution in [3.05, 3.63) is 0 Å². The first-order valence-electron chi connectivity index (χ1n) is 4.98. The minimum Gasteiger partial charge on any atom is -0.324 e. The largest absolute Gasteiger partial charge is 0.426 e. The highest BCUT2D eigenvalue weighted by Crippen LogP contribution is 2.40. The lowest BCUT2D eigenvalue weighted by atomic mass is 9.86. The molecule has 1 fully saturated rings. The molecule has 1 saturated heterocycles. The Balaban J connectivity index is 2.80. The van der Waals surface area contributed by atoms with Crippen molar-refractivity contribution in [1.29, 1.82) is 0 Å². The Morgan fingerprint density at radius 2 is 1.94 bits per heavy atom. The van der Waals surface area contributed by atoms with Crippen LogP contribution in [-0.2, 0) is 0 Å². The van der Waals surface area contributed by atoms with Gasteiger partial charge in [0.15, 0.2) is 0 Å². The van der Waals surface area contributed by atoms with Gasteiger partial charge in [-0.2, -0.15) is 13.2 Å². The number of hydrogen-bond acceptors (Lipinski definition) is 2. The predicted molar refractivity (Wildman–Crippen MR) is 49.4 cm³/mol. The fraction of sp³-hybridized carbons (Fsp3) is 1.00. The number of hydrogen-bond donors (Lipinski definition) is 1. The van der Waals surface area contributed by atoms with Crippen molar-refractivity contribution in [2.75, 3.05) is 26.8 Å². The number of likely N-dealkylation sites (tertiary alicyclic amines) is 1. The van der Waals surface area contributed by atoms with E-state index in [4.69, 9.17) is 5.73 Å². The molecule has 1 aliphatic rings. The summed E-state index contributed by atoms with van der Waals surface area (Å²) >= 11 is 0. The van der Waals surface area contributed by atoms with Gasteiger partial charge in [-0.3, -0.25) is 0 Å². The van der Waals surface area contributed by atoms with Crippen molar-refractivity contribution in [3.63, 3.8) is 0 Å². The summed E-state index contributed by atoms with van der Waals surface area (Å²) in [5.41, 5.74) is 1.33. The lowest BCUT2D eigenvalue weighted by Gasteiger charge is -2.34. The summed E-state index contributed by atoms with van der Waals surface area (Å²) in [5.74, 6) is -0.660. The van der Waals surface area contributed by atoms with Crippen molar-refractivity contribution >= 4 is 0 Å². The highest BCUT2D eigenvalue weighted by molar-refractivity contribution is 5.01. The van der Waals surface area contributed by atoms with Crippen molar-refractivity contribution in [2.24, 2.45) is 11.7 Å². The second-order valence-corrected chi connectivity index (χ2v) is 4.33. The van der Waals surface area contributed by atoms with E-state index in [0.29, 0.717) is 13.0 Å². The molecular weight excluding hydrogens is 231 g/mol. The van der Waals surface area contributed by atoms with Crippen molar-refractivity contribution < 1.29 is 22.0 Å². The fourth-order valence-corrected chi connectivity index (χ4v) is 1.99. The molecule has 1 heterocycles. The van der Waals surface area contributed by atoms with Crippen LogP contribution < -0.4 is 5.73 Å². The molecule has 3 unspecified atom stereocenters. The standard InChI is InChI=1S/C9H15F5N2/c1-16-3-2-6(4-16)7(15)8(11,5-10)9(12,13)14/h6-7H,2-5,15H2,1H3. The minimum absolute atomic E-state index is 0.267. The summed E-state index contributed by atoms with van der Waals surface area (Å²) < 4.78 is 63.1. The first-order chi connectivity index (χ1) is 7.22. The molecule has 0 amide bonds. The summed E-state index contributed by atoms with van der Waals surface area (Å²) in [6.45, 7) is -1.31. The van der Waals surface area contributed by atoms with Gasteiger partial charge in [-0.25, -0.2) is 8.78 Å². The van der Waals surface area contributed by atoms with Crippen LogP contribution in [0.5, 0.6) is 0 Å². The highest BCUT2D eigenvalue weighted by atomic mass is 19.4. The topological polar surface area (TPSA) is 29.3 Å². The molecule has 0 aromatic heterocycles. The molecule has 3 atom stereocenters. The molecule has 2 nitrogen and oxygen atoms in total. The molecule has 2 N–H and O–H groups in total. The van der Waals surface area contributed by atoms with Crippen LogP contribution >= 0.6 is 0 Å². The van der Waals surface area contributed by atoms with E-state index in [1.54, 1.807) is 11.9 Å². The SMILES string of the molecule is CN1CCC(C(N)C(F)(CF)C(F)(F)F)C1. The van der Waals surface area contributed by atoms with E-state index < -0.39 is 30.5 Å². The van der Waals surface area contributed by atoms with E-state index in [2.05, 4.69) is 0 Å². The van der Waals surface area contributed by atoms with Crippen LogP contribution in [0, 0.1) is 5.92 Å². The fourth-order valence-electron chi connectivity index (χ4n) is 1.99. The lowest BCUT2D eigenvalue weighted by Crippen LogP contribution is -2.59. The van der Waals surface area contributed by atoms with E-state index in [9.17, 15) is 22.0 Å². The van der Waals surface area contributed by atoms with Crippen LogP contribution in [0.15, 0.2) is 0 Å². The van der Waals surface area contributed by atoms with E-state index in [0.717, 1.165) is 0 Å². The Hall–Kier alpha value is -0.430. The minimum atomic E-state index is -5.26. The number of alkyl halides is 5. The summed E-state index contributed by atoms with van der Waals surface area (Å²) in [5, 5.41) is 0. The molecule has 7 heteroatoms. The molecule has 0 bridgehead atoms. The van der Waals surface area contributed by atoms with E-state index in [1.165, 1.54) is 0 Å². The van der Waals surface area contributed by atoms with Gasteiger partial charge in [0, 0.05) is 6.54 Å². The Labute approximate surface area is 90.6 Å². The Morgan fingerprint density at radius 1 is 1.38 bits per heavy atom. The van der Waals surface area contributed by atoms with Crippen molar-refractivity contribution in [2.45, 2.75) is 24.3 Å². The van der Waals surface area contributed by atoms with E-state index >= 15 is 0 Å². The molecule has 96 valence electrons. The van der Waals surface area contributed by atoms with Crippen molar-refractivity contribution in [3.8, 4) is 0 Å². The monoisotopic (exact) mass is 246 g/mol. The molecule has 1 rings (SSSR count). The van der Waals surface area contributed by atoms with Crippen LogP contribution in [0.1, 0.15) is 6.42 Å². The van der Waals surface area contributed by atoms with Gasteiger partial charge in [-0.1, -0.05) is 0 Å². The Bertz CT molecular complexity index is 245. The van der Waals surface area contributed by atoms with Crippen molar-refractivity contribution in [1.82, 2.24) is 4.90 Å². The molecule has 0 aromatic rings. The average molecular weight is 246 g/mol. The van der Waals surface area contributed by atoms with Gasteiger partial charge in [0.1, 0.15) is 6.67 Å². The Morgan fingerprint density at radius 3 is 2.25 bits per heavy atom. The maximum atomic E-state index is 13.6. The number of rotatable bonds is 3. The second-order valence-electron chi connectivity index (χ2n) is 4.33. The zero-order valence-corrected chi connectivity index (χ0v) is 8.90. The van der Waals surface area contributed by atoms with Crippen LogP contribution in [0.3, 0.4) is 0 Å². The number of nitrogens with zero attached hydrogens (tertiary/aromatic N) is 1. The summed E-state index contributed by atoms with van der Waals surface area (Å²) in [7, 11) is 1.70. The quantitative estimate of drug-likeness (QED) is 0.765. The smallest absolute Gasteiger partial charge is 0.324 e. The normalized spacial score (nSPS) is 29.1. The number of halogens is 5. The van der Waals surface area contributed by atoms with Crippen LogP contribution in [0.2, 0.25) is 0 Å². The Kier molecular flexibility index (Phi) is 3.79. The molecule has 0 aromatic carbocycles. The summed E-state index contributed by atoms with van der Waals surface area (Å²) in [4.78, 5) is 1.75. The van der Waals surface area contributed by atoms with Gasteiger partial charge in [-0.15, -0.1) is 0 Å². The molecular formula is C9H15F5N2. The molecule has 0 saturated carbocycles. The van der Waals surface area contributed by atoms with E-state index in [1.807, 2.05) is 0 Å². The maximum absolute atomic E-state index is 13.6. The molecule has 1 aliphatic heterocycles. The van der Waals surface area contributed by atoms with Gasteiger partial charge in [0.2, 0.25) is 5.67 Å². The van der Waals surface area contributed by atoms with Gasteiger partial charge < -0.3 is 10.6 Å². The van der Waals surface area contributed by atoms with Crippen LogP contribution in [-0.4, -0.2) is 49.6 Å². The predicted octanol–water partition coefficient (Wildman–Crippen LogP) is 1.51. The highest BCUT2D eigenvalue weighted by Gasteiger charge is 2.62. The zero-order chi connectivity index (χ0) is 12.6.